The van der Waals surface area contributed by atoms with E-state index in [1.165, 1.54) is 17.0 Å². The number of nitrogens with zero attached hydrogens (tertiary/aromatic N) is 1. The monoisotopic (exact) mass is 458 g/mol. The van der Waals surface area contributed by atoms with Crippen LogP contribution in [0.4, 0.5) is 10.5 Å². The van der Waals surface area contributed by atoms with Crippen molar-refractivity contribution >= 4 is 23.7 Å². The Bertz CT molecular complexity index is 1180. The molecule has 1 atom stereocenters. The highest BCUT2D eigenvalue weighted by molar-refractivity contribution is 5.94. The second kappa shape index (κ2) is 9.79. The van der Waals surface area contributed by atoms with Gasteiger partial charge in [0, 0.05) is 31.1 Å². The molecule has 0 saturated carbocycles. The summed E-state index contributed by atoms with van der Waals surface area (Å²) in [4.78, 5) is 37.5. The van der Waals surface area contributed by atoms with E-state index in [1.807, 2.05) is 24.3 Å². The number of amides is 2. The van der Waals surface area contributed by atoms with Crippen LogP contribution >= 0.6 is 0 Å². The van der Waals surface area contributed by atoms with Crippen LogP contribution in [-0.4, -0.2) is 42.8 Å². The van der Waals surface area contributed by atoms with Gasteiger partial charge < -0.3 is 20.1 Å². The van der Waals surface area contributed by atoms with Gasteiger partial charge in [-0.15, -0.1) is 0 Å². The summed E-state index contributed by atoms with van der Waals surface area (Å²) in [7, 11) is 1.61. The van der Waals surface area contributed by atoms with Crippen LogP contribution in [0, 0.1) is 0 Å². The lowest BCUT2D eigenvalue weighted by Gasteiger charge is -2.21. The quantitative estimate of drug-likeness (QED) is 0.537. The lowest BCUT2D eigenvalue weighted by atomic mass is 9.98. The molecule has 1 aliphatic carbocycles. The zero-order chi connectivity index (χ0) is 24.2. The van der Waals surface area contributed by atoms with Crippen LogP contribution in [0.2, 0.25) is 0 Å². The van der Waals surface area contributed by atoms with Gasteiger partial charge in [0.15, 0.2) is 0 Å². The molecule has 174 valence electrons. The largest absolute Gasteiger partial charge is 0.478 e. The predicted octanol–water partition coefficient (Wildman–Crippen LogP) is 4.66. The van der Waals surface area contributed by atoms with Gasteiger partial charge in [-0.05, 0) is 53.4 Å². The summed E-state index contributed by atoms with van der Waals surface area (Å²) in [6.45, 7) is 1.94. The fourth-order valence-corrected chi connectivity index (χ4v) is 4.26. The molecule has 0 radical (unpaired) electrons. The summed E-state index contributed by atoms with van der Waals surface area (Å²) in [6.07, 6.45) is -0.503. The number of carboxylic acids is 1. The molecule has 0 unspecified atom stereocenters. The number of alkyl carbamates (subject to hydrolysis) is 1. The van der Waals surface area contributed by atoms with Crippen molar-refractivity contribution in [2.24, 2.45) is 0 Å². The Morgan fingerprint density at radius 3 is 2.06 bits per heavy atom. The van der Waals surface area contributed by atoms with Crippen LogP contribution in [0.1, 0.15) is 40.7 Å². The number of hydrogen-bond donors (Lipinski definition) is 2. The summed E-state index contributed by atoms with van der Waals surface area (Å²) in [5, 5.41) is 11.7. The minimum atomic E-state index is -1.03. The van der Waals surface area contributed by atoms with E-state index in [0.717, 1.165) is 22.3 Å². The number of rotatable bonds is 7. The molecule has 0 aliphatic heterocycles. The molecule has 1 aliphatic rings. The van der Waals surface area contributed by atoms with E-state index in [1.54, 1.807) is 26.1 Å². The molecular weight excluding hydrogens is 432 g/mol. The van der Waals surface area contributed by atoms with Crippen molar-refractivity contribution in [1.82, 2.24) is 5.32 Å². The number of anilines is 1. The van der Waals surface area contributed by atoms with Crippen LogP contribution in [0.25, 0.3) is 11.1 Å². The minimum Gasteiger partial charge on any atom is -0.478 e. The molecule has 2 N–H and O–H groups in total. The van der Waals surface area contributed by atoms with Crippen LogP contribution in [-0.2, 0) is 9.53 Å². The second-order valence-corrected chi connectivity index (χ2v) is 8.38. The van der Waals surface area contributed by atoms with Gasteiger partial charge in [-0.2, -0.15) is 0 Å². The summed E-state index contributed by atoms with van der Waals surface area (Å²) >= 11 is 0. The molecule has 0 fully saturated rings. The van der Waals surface area contributed by atoms with Crippen molar-refractivity contribution in [2.45, 2.75) is 25.3 Å². The Morgan fingerprint density at radius 2 is 1.50 bits per heavy atom. The molecule has 0 bridgehead atoms. The maximum Gasteiger partial charge on any atom is 0.407 e. The zero-order valence-corrected chi connectivity index (χ0v) is 19.0. The van der Waals surface area contributed by atoms with E-state index in [9.17, 15) is 14.4 Å². The number of nitrogens with one attached hydrogen (secondary N) is 1. The number of hydrogen-bond acceptors (Lipinski definition) is 4. The summed E-state index contributed by atoms with van der Waals surface area (Å²) in [6, 6.07) is 21.8. The highest BCUT2D eigenvalue weighted by Crippen LogP contribution is 2.44. The van der Waals surface area contributed by atoms with Gasteiger partial charge in [0.2, 0.25) is 5.91 Å². The third kappa shape index (κ3) is 4.78. The highest BCUT2D eigenvalue weighted by atomic mass is 16.5. The number of aromatic carboxylic acids is 1. The van der Waals surface area contributed by atoms with E-state index in [2.05, 4.69) is 29.6 Å². The molecule has 2 amide bonds. The Hall–Kier alpha value is -4.13. The van der Waals surface area contributed by atoms with E-state index in [0.29, 0.717) is 5.69 Å². The van der Waals surface area contributed by atoms with Gasteiger partial charge in [-0.25, -0.2) is 9.59 Å². The highest BCUT2D eigenvalue weighted by Gasteiger charge is 2.29. The fraction of sp³-hybridized carbons (Fsp3) is 0.222. The zero-order valence-electron chi connectivity index (χ0n) is 19.0. The standard InChI is InChI=1S/C27H26N2O5/c1-17(15-25(30)29(2)19-13-11-18(12-14-19)26(31)32)28-27(33)34-16-24-22-9-5-3-7-20(22)21-8-4-6-10-23(21)24/h3-14,17,24H,15-16H2,1-2H3,(H,28,33)(H,31,32)/t17-/m1/s1. The Balaban J connectivity index is 1.31. The van der Waals surface area contributed by atoms with Crippen molar-refractivity contribution in [1.29, 1.82) is 0 Å². The summed E-state index contributed by atoms with van der Waals surface area (Å²) in [5.41, 5.74) is 5.31. The smallest absolute Gasteiger partial charge is 0.407 e. The van der Waals surface area contributed by atoms with Crippen LogP contribution in [0.15, 0.2) is 72.8 Å². The summed E-state index contributed by atoms with van der Waals surface area (Å²) < 4.78 is 5.54. The van der Waals surface area contributed by atoms with Crippen molar-refractivity contribution in [3.8, 4) is 11.1 Å². The van der Waals surface area contributed by atoms with Gasteiger partial charge >= 0.3 is 12.1 Å². The average Bonchev–Trinajstić information content (AvgIpc) is 3.16. The molecule has 3 aromatic rings. The van der Waals surface area contributed by atoms with Gasteiger partial charge in [-0.1, -0.05) is 48.5 Å². The molecule has 3 aromatic carbocycles. The minimum absolute atomic E-state index is 0.0324. The third-order valence-corrected chi connectivity index (χ3v) is 6.06. The number of benzene rings is 3. The molecule has 0 aromatic heterocycles. The molecule has 0 spiro atoms. The van der Waals surface area contributed by atoms with Crippen LogP contribution < -0.4 is 10.2 Å². The van der Waals surface area contributed by atoms with Crippen molar-refractivity contribution < 1.29 is 24.2 Å². The first-order valence-electron chi connectivity index (χ1n) is 11.1. The normalized spacial score (nSPS) is 12.9. The maximum absolute atomic E-state index is 12.6. The van der Waals surface area contributed by atoms with Crippen LogP contribution in [0.5, 0.6) is 0 Å². The molecule has 0 saturated heterocycles. The first-order chi connectivity index (χ1) is 16.3. The second-order valence-electron chi connectivity index (χ2n) is 8.38. The van der Waals surface area contributed by atoms with Gasteiger partial charge in [-0.3, -0.25) is 4.79 Å². The van der Waals surface area contributed by atoms with Gasteiger partial charge in [0.1, 0.15) is 6.61 Å². The number of carbonyl (C=O) groups excluding carboxylic acids is 2. The van der Waals surface area contributed by atoms with Crippen LogP contribution in [0.3, 0.4) is 0 Å². The molecule has 7 heteroatoms. The molecule has 0 heterocycles. The Kier molecular flexibility index (Phi) is 6.63. The van der Waals surface area contributed by atoms with E-state index < -0.39 is 18.1 Å². The molecular formula is C27H26N2O5. The molecule has 7 nitrogen and oxygen atoms in total. The van der Waals surface area contributed by atoms with Gasteiger partial charge in [0.05, 0.1) is 5.56 Å². The number of ether oxygens (including phenoxy) is 1. The lowest BCUT2D eigenvalue weighted by molar-refractivity contribution is -0.118. The number of carboxylic acid groups (broad SMARTS) is 1. The van der Waals surface area contributed by atoms with E-state index >= 15 is 0 Å². The maximum atomic E-state index is 12.6. The SMILES string of the molecule is C[C@H](CC(=O)N(C)c1ccc(C(=O)O)cc1)NC(=O)OCC1c2ccccc2-c2ccccc21. The molecule has 4 rings (SSSR count). The summed E-state index contributed by atoms with van der Waals surface area (Å²) in [5.74, 6) is -1.27. The Labute approximate surface area is 198 Å². The first kappa shape index (κ1) is 23.0. The predicted molar refractivity (Wildman–Crippen MR) is 129 cm³/mol. The van der Waals surface area contributed by atoms with Crippen molar-refractivity contribution in [2.75, 3.05) is 18.6 Å². The third-order valence-electron chi connectivity index (χ3n) is 6.06. The van der Waals surface area contributed by atoms with Gasteiger partial charge in [0.25, 0.3) is 0 Å². The van der Waals surface area contributed by atoms with E-state index in [-0.39, 0.29) is 30.4 Å². The number of fused-ring (bicyclic) bond motifs is 3. The molecule has 34 heavy (non-hydrogen) atoms. The first-order valence-corrected chi connectivity index (χ1v) is 11.1. The van der Waals surface area contributed by atoms with Crippen molar-refractivity contribution in [3.05, 3.63) is 89.5 Å². The topological polar surface area (TPSA) is 95.9 Å². The Morgan fingerprint density at radius 1 is 0.941 bits per heavy atom. The average molecular weight is 459 g/mol. The number of carbonyl (C=O) groups is 3. The van der Waals surface area contributed by atoms with E-state index in [4.69, 9.17) is 9.84 Å². The fourth-order valence-electron chi connectivity index (χ4n) is 4.26. The van der Waals surface area contributed by atoms with Crippen molar-refractivity contribution in [3.63, 3.8) is 0 Å². The lowest BCUT2D eigenvalue weighted by Crippen LogP contribution is -2.38.